The molecule has 1 unspecified atom stereocenters. The van der Waals surface area contributed by atoms with Gasteiger partial charge in [-0.3, -0.25) is 14.4 Å². The number of halogens is 4. The van der Waals surface area contributed by atoms with Crippen LogP contribution < -0.4 is 16.0 Å². The molecule has 5 aromatic carbocycles. The quantitative estimate of drug-likeness (QED) is 0.101. The van der Waals surface area contributed by atoms with Crippen LogP contribution >= 0.6 is 23.4 Å². The topological polar surface area (TPSA) is 87.3 Å². The van der Waals surface area contributed by atoms with Gasteiger partial charge in [0.15, 0.2) is 0 Å². The lowest BCUT2D eigenvalue weighted by atomic mass is 10.1. The van der Waals surface area contributed by atoms with E-state index in [-0.39, 0.29) is 11.4 Å². The molecule has 0 aliphatic carbocycles. The van der Waals surface area contributed by atoms with Gasteiger partial charge in [-0.2, -0.15) is 13.2 Å². The van der Waals surface area contributed by atoms with Crippen LogP contribution in [0.1, 0.15) is 32.3 Å². The fourth-order valence-corrected chi connectivity index (χ4v) is 5.71. The van der Waals surface area contributed by atoms with Crippen LogP contribution in [0.15, 0.2) is 144 Å². The van der Waals surface area contributed by atoms with E-state index in [9.17, 15) is 27.6 Å². The van der Waals surface area contributed by atoms with E-state index in [1.807, 2.05) is 0 Å². The summed E-state index contributed by atoms with van der Waals surface area (Å²) in [6.07, 6.45) is -3.12. The van der Waals surface area contributed by atoms with Gasteiger partial charge in [-0.25, -0.2) is 0 Å². The Bertz CT molecular complexity index is 1920. The summed E-state index contributed by atoms with van der Waals surface area (Å²) in [7, 11) is 0. The molecule has 0 saturated carbocycles. The minimum absolute atomic E-state index is 0.00965. The Morgan fingerprint density at radius 1 is 0.708 bits per heavy atom. The van der Waals surface area contributed by atoms with Crippen LogP contribution in [0.5, 0.6) is 0 Å². The number of anilines is 2. The first-order valence-corrected chi connectivity index (χ1v) is 15.8. The molecule has 242 valence electrons. The molecular formula is C37H27ClF3N3O3S. The number of carbonyl (C=O) groups excluding carboxylic acids is 3. The summed E-state index contributed by atoms with van der Waals surface area (Å²) in [5.74, 6) is -1.69. The summed E-state index contributed by atoms with van der Waals surface area (Å²) < 4.78 is 40.8. The Hall–Kier alpha value is -5.32. The van der Waals surface area contributed by atoms with E-state index in [1.54, 1.807) is 109 Å². The molecule has 0 radical (unpaired) electrons. The molecule has 0 heterocycles. The van der Waals surface area contributed by atoms with Gasteiger partial charge < -0.3 is 16.0 Å². The zero-order valence-electron chi connectivity index (χ0n) is 25.0. The molecule has 5 aromatic rings. The van der Waals surface area contributed by atoms with Crippen molar-refractivity contribution < 1.29 is 27.6 Å². The van der Waals surface area contributed by atoms with Gasteiger partial charge >= 0.3 is 6.18 Å². The Labute approximate surface area is 284 Å². The number of alkyl halides is 3. The zero-order chi connectivity index (χ0) is 34.1. The largest absolute Gasteiger partial charge is 0.418 e. The van der Waals surface area contributed by atoms with E-state index in [1.165, 1.54) is 24.3 Å². The summed E-state index contributed by atoms with van der Waals surface area (Å²) in [5.41, 5.74) is 0.703. The maximum Gasteiger partial charge on any atom is 0.418 e. The van der Waals surface area contributed by atoms with Crippen molar-refractivity contribution in [3.8, 4) is 0 Å². The van der Waals surface area contributed by atoms with Gasteiger partial charge in [0.25, 0.3) is 11.8 Å². The van der Waals surface area contributed by atoms with Gasteiger partial charge in [0.05, 0.1) is 11.3 Å². The van der Waals surface area contributed by atoms with Crippen molar-refractivity contribution in [2.24, 2.45) is 0 Å². The first-order chi connectivity index (χ1) is 23.1. The standard InChI is InChI=1S/C37H27ClF3N3O3S/c38-27-17-15-24(16-18-27)23-32(44-34(45)26-11-5-2-6-12-26)35(46)42-28-19-21-29(22-20-28)48-33(25-9-3-1-4-10-25)36(47)43-31-14-8-7-13-30(31)37(39,40)41/h1-23,33H,(H,42,46)(H,43,47)(H,44,45)/b32-23-. The summed E-state index contributed by atoms with van der Waals surface area (Å²) in [6.45, 7) is 0. The number of amides is 3. The molecular weight excluding hydrogens is 659 g/mol. The van der Waals surface area contributed by atoms with Crippen LogP contribution in [0.4, 0.5) is 24.5 Å². The normalized spacial score (nSPS) is 12.1. The van der Waals surface area contributed by atoms with Crippen molar-refractivity contribution in [1.29, 1.82) is 0 Å². The molecule has 1 atom stereocenters. The van der Waals surface area contributed by atoms with Gasteiger partial charge in [0.1, 0.15) is 10.9 Å². The number of para-hydroxylation sites is 1. The number of thioether (sulfide) groups is 1. The van der Waals surface area contributed by atoms with Crippen LogP contribution in [-0.4, -0.2) is 17.7 Å². The molecule has 0 aliphatic rings. The fourth-order valence-electron chi connectivity index (χ4n) is 4.56. The van der Waals surface area contributed by atoms with E-state index in [4.69, 9.17) is 11.6 Å². The maximum absolute atomic E-state index is 13.6. The monoisotopic (exact) mass is 685 g/mol. The lowest BCUT2D eigenvalue weighted by Gasteiger charge is -2.19. The van der Waals surface area contributed by atoms with Crippen molar-refractivity contribution in [2.45, 2.75) is 16.3 Å². The molecule has 0 aliphatic heterocycles. The minimum atomic E-state index is -4.65. The van der Waals surface area contributed by atoms with E-state index >= 15 is 0 Å². The van der Waals surface area contributed by atoms with Gasteiger partial charge in [-0.05, 0) is 77.9 Å². The third kappa shape index (κ3) is 9.15. The van der Waals surface area contributed by atoms with Crippen molar-refractivity contribution in [1.82, 2.24) is 5.32 Å². The second kappa shape index (κ2) is 15.5. The summed E-state index contributed by atoms with van der Waals surface area (Å²) in [5, 5.41) is 7.53. The number of benzene rings is 5. The summed E-state index contributed by atoms with van der Waals surface area (Å²) in [4.78, 5) is 40.4. The Morgan fingerprint density at radius 3 is 1.96 bits per heavy atom. The Balaban J connectivity index is 1.34. The van der Waals surface area contributed by atoms with E-state index < -0.39 is 34.7 Å². The third-order valence-electron chi connectivity index (χ3n) is 6.91. The average molecular weight is 686 g/mol. The van der Waals surface area contributed by atoms with Crippen LogP contribution in [0.3, 0.4) is 0 Å². The van der Waals surface area contributed by atoms with Crippen LogP contribution in [0.2, 0.25) is 5.02 Å². The number of carbonyl (C=O) groups is 3. The highest BCUT2D eigenvalue weighted by Gasteiger charge is 2.34. The number of rotatable bonds is 10. The highest BCUT2D eigenvalue weighted by atomic mass is 35.5. The lowest BCUT2D eigenvalue weighted by molar-refractivity contribution is -0.137. The molecule has 3 amide bonds. The molecule has 6 nitrogen and oxygen atoms in total. The molecule has 5 rings (SSSR count). The second-order valence-electron chi connectivity index (χ2n) is 10.3. The van der Waals surface area contributed by atoms with Crippen LogP contribution in [0.25, 0.3) is 6.08 Å². The van der Waals surface area contributed by atoms with Gasteiger partial charge in [0.2, 0.25) is 5.91 Å². The van der Waals surface area contributed by atoms with Crippen LogP contribution in [-0.2, 0) is 15.8 Å². The van der Waals surface area contributed by atoms with E-state index in [2.05, 4.69) is 16.0 Å². The first-order valence-electron chi connectivity index (χ1n) is 14.5. The number of nitrogens with one attached hydrogen (secondary N) is 3. The molecule has 0 aromatic heterocycles. The van der Waals surface area contributed by atoms with Crippen molar-refractivity contribution >= 4 is 58.5 Å². The van der Waals surface area contributed by atoms with Crippen molar-refractivity contribution in [3.63, 3.8) is 0 Å². The minimum Gasteiger partial charge on any atom is -0.324 e. The molecule has 0 saturated heterocycles. The molecule has 48 heavy (non-hydrogen) atoms. The van der Waals surface area contributed by atoms with E-state index in [0.717, 1.165) is 17.8 Å². The first kappa shape index (κ1) is 34.0. The predicted molar refractivity (Wildman–Crippen MR) is 184 cm³/mol. The lowest BCUT2D eigenvalue weighted by Crippen LogP contribution is -2.30. The fraction of sp³-hybridized carbons (Fsp3) is 0.0541. The zero-order valence-corrected chi connectivity index (χ0v) is 26.6. The molecule has 0 bridgehead atoms. The average Bonchev–Trinajstić information content (AvgIpc) is 3.09. The third-order valence-corrected chi connectivity index (χ3v) is 8.42. The highest BCUT2D eigenvalue weighted by molar-refractivity contribution is 8.00. The van der Waals surface area contributed by atoms with Gasteiger partial charge in [0, 0.05) is 21.2 Å². The molecule has 0 fully saturated rings. The summed E-state index contributed by atoms with van der Waals surface area (Å²) >= 11 is 7.14. The van der Waals surface area contributed by atoms with Gasteiger partial charge in [-0.1, -0.05) is 84.4 Å². The summed E-state index contributed by atoms with van der Waals surface area (Å²) in [6, 6.07) is 35.3. The molecule has 0 spiro atoms. The number of hydrogen-bond acceptors (Lipinski definition) is 4. The highest BCUT2D eigenvalue weighted by Crippen LogP contribution is 2.39. The maximum atomic E-state index is 13.6. The smallest absolute Gasteiger partial charge is 0.324 e. The van der Waals surface area contributed by atoms with E-state index in [0.29, 0.717) is 32.3 Å². The Morgan fingerprint density at radius 2 is 1.31 bits per heavy atom. The van der Waals surface area contributed by atoms with Crippen molar-refractivity contribution in [2.75, 3.05) is 10.6 Å². The number of hydrogen-bond donors (Lipinski definition) is 3. The molecule has 3 N–H and O–H groups in total. The molecule has 11 heteroatoms. The predicted octanol–water partition coefficient (Wildman–Crippen LogP) is 9.24. The van der Waals surface area contributed by atoms with Gasteiger partial charge in [-0.15, -0.1) is 11.8 Å². The SMILES string of the molecule is O=C(Nc1ccc(SC(C(=O)Nc2ccccc2C(F)(F)F)c2ccccc2)cc1)/C(=C/c1ccc(Cl)cc1)NC(=O)c1ccccc1. The Kier molecular flexibility index (Phi) is 11.0. The second-order valence-corrected chi connectivity index (χ2v) is 12.0. The van der Waals surface area contributed by atoms with Crippen molar-refractivity contribution in [3.05, 3.63) is 166 Å². The van der Waals surface area contributed by atoms with Crippen LogP contribution in [0, 0.1) is 0 Å².